The van der Waals surface area contributed by atoms with Gasteiger partial charge in [0.1, 0.15) is 11.4 Å². The third-order valence-corrected chi connectivity index (χ3v) is 5.37. The molecule has 30 heavy (non-hydrogen) atoms. The van der Waals surface area contributed by atoms with Crippen LogP contribution in [0.3, 0.4) is 0 Å². The van der Waals surface area contributed by atoms with E-state index in [2.05, 4.69) is 17.1 Å². The molecule has 0 aliphatic carbocycles. The highest BCUT2D eigenvalue weighted by atomic mass is 19.1. The van der Waals surface area contributed by atoms with E-state index in [4.69, 9.17) is 0 Å². The fourth-order valence-corrected chi connectivity index (χ4v) is 3.81. The van der Waals surface area contributed by atoms with Crippen LogP contribution in [0.15, 0.2) is 48.0 Å². The summed E-state index contributed by atoms with van der Waals surface area (Å²) in [6.07, 6.45) is 4.68. The van der Waals surface area contributed by atoms with E-state index in [0.29, 0.717) is 0 Å². The maximum Gasteiger partial charge on any atom is 0.335 e. The van der Waals surface area contributed by atoms with Crippen molar-refractivity contribution in [2.24, 2.45) is 0 Å². The van der Waals surface area contributed by atoms with E-state index in [0.717, 1.165) is 54.9 Å². The molecule has 0 bridgehead atoms. The first-order valence-corrected chi connectivity index (χ1v) is 10.0. The van der Waals surface area contributed by atoms with Gasteiger partial charge in [0, 0.05) is 18.8 Å². The Morgan fingerprint density at radius 2 is 1.87 bits per heavy atom. The number of rotatable bonds is 5. The van der Waals surface area contributed by atoms with Crippen molar-refractivity contribution in [1.29, 1.82) is 0 Å². The average Bonchev–Trinajstić information content (AvgIpc) is 3.13. The summed E-state index contributed by atoms with van der Waals surface area (Å²) in [6, 6.07) is 9.96. The number of benzene rings is 2. The molecule has 1 fully saturated rings. The number of carbonyl (C=O) groups excluding carboxylic acids is 3. The molecule has 2 aromatic rings. The third-order valence-electron chi connectivity index (χ3n) is 5.37. The standard InChI is InChI=1S/C23H22FN3O3/c1-2-3-11-26-12-10-16-13-15(4-9-20(16)26)14-19-21(28)25-23(30)27(22(19)29)18-7-5-17(24)6-8-18/h4-9,13-14H,2-3,10-12H2,1H3,(H,25,28,30)/b19-14+. The number of nitrogens with one attached hydrogen (secondary N) is 1. The number of carbonyl (C=O) groups is 3. The SMILES string of the molecule is CCCCN1CCc2cc(/C=C3\C(=O)NC(=O)N(c4ccc(F)cc4)C3=O)ccc21. The van der Waals surface area contributed by atoms with Crippen LogP contribution < -0.4 is 15.1 Å². The fourth-order valence-electron chi connectivity index (χ4n) is 3.81. The maximum atomic E-state index is 13.2. The first kappa shape index (κ1) is 19.8. The summed E-state index contributed by atoms with van der Waals surface area (Å²) < 4.78 is 13.2. The number of hydrogen-bond donors (Lipinski definition) is 1. The number of barbiturate groups is 1. The average molecular weight is 407 g/mol. The second-order valence-electron chi connectivity index (χ2n) is 7.41. The Balaban J connectivity index is 1.62. The van der Waals surface area contributed by atoms with E-state index in [1.807, 2.05) is 18.2 Å². The predicted octanol–water partition coefficient (Wildman–Crippen LogP) is 3.65. The minimum atomic E-state index is -0.853. The molecule has 1 saturated heterocycles. The molecule has 4 amide bonds. The minimum absolute atomic E-state index is 0.139. The monoisotopic (exact) mass is 407 g/mol. The lowest BCUT2D eigenvalue weighted by Crippen LogP contribution is -2.54. The van der Waals surface area contributed by atoms with Gasteiger partial charge in [-0.05, 0) is 66.4 Å². The van der Waals surface area contributed by atoms with Gasteiger partial charge in [-0.15, -0.1) is 0 Å². The molecule has 6 nitrogen and oxygen atoms in total. The van der Waals surface area contributed by atoms with Gasteiger partial charge in [0.2, 0.25) is 0 Å². The van der Waals surface area contributed by atoms with E-state index in [1.54, 1.807) is 0 Å². The molecule has 154 valence electrons. The summed E-state index contributed by atoms with van der Waals surface area (Å²) in [5, 5.41) is 2.18. The van der Waals surface area contributed by atoms with E-state index in [9.17, 15) is 18.8 Å². The van der Waals surface area contributed by atoms with Crippen molar-refractivity contribution in [3.05, 3.63) is 65.0 Å². The second-order valence-corrected chi connectivity index (χ2v) is 7.41. The van der Waals surface area contributed by atoms with Gasteiger partial charge < -0.3 is 4.90 Å². The Morgan fingerprint density at radius 3 is 2.60 bits per heavy atom. The van der Waals surface area contributed by atoms with Gasteiger partial charge in [-0.1, -0.05) is 19.4 Å². The minimum Gasteiger partial charge on any atom is -0.371 e. The summed E-state index contributed by atoms with van der Waals surface area (Å²) in [5.74, 6) is -1.96. The van der Waals surface area contributed by atoms with Crippen molar-refractivity contribution < 1.29 is 18.8 Å². The zero-order chi connectivity index (χ0) is 21.3. The zero-order valence-electron chi connectivity index (χ0n) is 16.7. The highest BCUT2D eigenvalue weighted by Gasteiger charge is 2.36. The van der Waals surface area contributed by atoms with Gasteiger partial charge in [-0.25, -0.2) is 14.1 Å². The summed E-state index contributed by atoms with van der Waals surface area (Å²) >= 11 is 0. The Morgan fingerprint density at radius 1 is 1.10 bits per heavy atom. The van der Waals surface area contributed by atoms with Gasteiger partial charge in [0.15, 0.2) is 0 Å². The first-order valence-electron chi connectivity index (χ1n) is 10.0. The number of amides is 4. The molecule has 0 aromatic heterocycles. The molecule has 0 saturated carbocycles. The predicted molar refractivity (Wildman–Crippen MR) is 113 cm³/mol. The highest BCUT2D eigenvalue weighted by molar-refractivity contribution is 6.39. The van der Waals surface area contributed by atoms with Gasteiger partial charge in [0.25, 0.3) is 11.8 Å². The number of halogens is 1. The van der Waals surface area contributed by atoms with Crippen molar-refractivity contribution in [3.63, 3.8) is 0 Å². The van der Waals surface area contributed by atoms with Crippen LogP contribution in [-0.2, 0) is 16.0 Å². The van der Waals surface area contributed by atoms with E-state index in [1.165, 1.54) is 29.5 Å². The lowest BCUT2D eigenvalue weighted by molar-refractivity contribution is -0.122. The molecule has 1 N–H and O–H groups in total. The number of hydrogen-bond acceptors (Lipinski definition) is 4. The normalized spacial score (nSPS) is 17.5. The molecule has 2 aliphatic rings. The molecule has 4 rings (SSSR count). The van der Waals surface area contributed by atoms with Crippen LogP contribution in [0.1, 0.15) is 30.9 Å². The van der Waals surface area contributed by atoms with Crippen LogP contribution in [0.4, 0.5) is 20.6 Å². The molecule has 0 unspecified atom stereocenters. The largest absolute Gasteiger partial charge is 0.371 e. The van der Waals surface area contributed by atoms with E-state index < -0.39 is 23.7 Å². The van der Waals surface area contributed by atoms with Crippen LogP contribution in [0.2, 0.25) is 0 Å². The van der Waals surface area contributed by atoms with Crippen LogP contribution in [0.25, 0.3) is 6.08 Å². The smallest absolute Gasteiger partial charge is 0.335 e. The zero-order valence-corrected chi connectivity index (χ0v) is 16.7. The van der Waals surface area contributed by atoms with Crippen LogP contribution in [0.5, 0.6) is 0 Å². The Kier molecular flexibility index (Phi) is 5.35. The Bertz CT molecular complexity index is 1050. The molecule has 7 heteroatoms. The molecule has 0 spiro atoms. The first-order chi connectivity index (χ1) is 14.5. The molecule has 2 aromatic carbocycles. The van der Waals surface area contributed by atoms with Gasteiger partial charge in [-0.3, -0.25) is 14.9 Å². The Hall–Kier alpha value is -3.48. The second kappa shape index (κ2) is 8.10. The summed E-state index contributed by atoms with van der Waals surface area (Å²) in [7, 11) is 0. The molecule has 0 radical (unpaired) electrons. The van der Waals surface area contributed by atoms with Crippen LogP contribution >= 0.6 is 0 Å². The van der Waals surface area contributed by atoms with Gasteiger partial charge in [0.05, 0.1) is 5.69 Å². The number of nitrogens with zero attached hydrogens (tertiary/aromatic N) is 2. The maximum absolute atomic E-state index is 13.2. The topological polar surface area (TPSA) is 69.7 Å². The number of urea groups is 1. The molecule has 2 aliphatic heterocycles. The third kappa shape index (κ3) is 3.70. The number of unbranched alkanes of at least 4 members (excludes halogenated alkanes) is 1. The number of anilines is 2. The van der Waals surface area contributed by atoms with Crippen LogP contribution in [0, 0.1) is 5.82 Å². The van der Waals surface area contributed by atoms with Crippen molar-refractivity contribution in [1.82, 2.24) is 5.32 Å². The van der Waals surface area contributed by atoms with E-state index in [-0.39, 0.29) is 11.3 Å². The number of imide groups is 2. The molecular formula is C23H22FN3O3. The fraction of sp³-hybridized carbons (Fsp3) is 0.261. The lowest BCUT2D eigenvalue weighted by atomic mass is 10.0. The summed E-state index contributed by atoms with van der Waals surface area (Å²) in [4.78, 5) is 40.7. The molecule has 2 heterocycles. The van der Waals surface area contributed by atoms with Gasteiger partial charge in [-0.2, -0.15) is 0 Å². The van der Waals surface area contributed by atoms with Crippen LogP contribution in [-0.4, -0.2) is 30.9 Å². The number of fused-ring (bicyclic) bond motifs is 1. The summed E-state index contributed by atoms with van der Waals surface area (Å²) in [6.45, 7) is 4.14. The van der Waals surface area contributed by atoms with Gasteiger partial charge >= 0.3 is 6.03 Å². The highest BCUT2D eigenvalue weighted by Crippen LogP contribution is 2.30. The van der Waals surface area contributed by atoms with Crippen molar-refractivity contribution in [3.8, 4) is 0 Å². The van der Waals surface area contributed by atoms with Crippen molar-refractivity contribution in [2.45, 2.75) is 26.2 Å². The quantitative estimate of drug-likeness (QED) is 0.607. The van der Waals surface area contributed by atoms with Crippen molar-refractivity contribution >= 4 is 35.3 Å². The Labute approximate surface area is 174 Å². The molecule has 0 atom stereocenters. The summed E-state index contributed by atoms with van der Waals surface area (Å²) in [5.41, 5.74) is 3.14. The molecular weight excluding hydrogens is 385 g/mol. The lowest BCUT2D eigenvalue weighted by Gasteiger charge is -2.26. The van der Waals surface area contributed by atoms with E-state index >= 15 is 0 Å². The van der Waals surface area contributed by atoms with Crippen molar-refractivity contribution in [2.75, 3.05) is 22.9 Å².